The van der Waals surface area contributed by atoms with Crippen LogP contribution in [0.5, 0.6) is 0 Å². The Balaban J connectivity index is 1.89. The highest BCUT2D eigenvalue weighted by Gasteiger charge is 2.20. The van der Waals surface area contributed by atoms with Gasteiger partial charge in [-0.05, 0) is 25.0 Å². The molecule has 4 heteroatoms. The Morgan fingerprint density at radius 1 is 1.56 bits per heavy atom. The van der Waals surface area contributed by atoms with Gasteiger partial charge in [0, 0.05) is 31.6 Å². The predicted octanol–water partition coefficient (Wildman–Crippen LogP) is 1.77. The predicted molar refractivity (Wildman–Crippen MR) is 67.1 cm³/mol. The van der Waals surface area contributed by atoms with Gasteiger partial charge in [-0.3, -0.25) is 4.79 Å². The standard InChI is InChI=1S/C14H18FNO2/c1-10-2-3-11(8-13(10)15)14(18)5-7-16-6-4-12(17)9-16/h2-3,8,12,17H,4-7,9H2,1H3. The van der Waals surface area contributed by atoms with Gasteiger partial charge >= 0.3 is 0 Å². The fourth-order valence-electron chi connectivity index (χ4n) is 2.19. The Hall–Kier alpha value is -1.26. The number of Topliss-reactive ketones (excluding diaryl/α,β-unsaturated/α-hetero) is 1. The lowest BCUT2D eigenvalue weighted by Gasteiger charge is -2.13. The average molecular weight is 251 g/mol. The Bertz CT molecular complexity index is 447. The molecule has 1 unspecified atom stereocenters. The molecule has 1 heterocycles. The maximum Gasteiger partial charge on any atom is 0.164 e. The van der Waals surface area contributed by atoms with Crippen LogP contribution in [-0.4, -0.2) is 41.5 Å². The van der Waals surface area contributed by atoms with Gasteiger partial charge in [0.05, 0.1) is 6.10 Å². The molecule has 1 aliphatic heterocycles. The molecule has 1 fully saturated rings. The second-order valence-electron chi connectivity index (χ2n) is 4.88. The number of aliphatic hydroxyl groups excluding tert-OH is 1. The summed E-state index contributed by atoms with van der Waals surface area (Å²) in [6.45, 7) is 3.77. The average Bonchev–Trinajstić information content (AvgIpc) is 2.75. The fourth-order valence-corrected chi connectivity index (χ4v) is 2.19. The molecule has 0 amide bonds. The van der Waals surface area contributed by atoms with Gasteiger partial charge in [0.25, 0.3) is 0 Å². The van der Waals surface area contributed by atoms with Crippen LogP contribution >= 0.6 is 0 Å². The molecule has 1 aliphatic rings. The van der Waals surface area contributed by atoms with Gasteiger partial charge in [-0.25, -0.2) is 4.39 Å². The van der Waals surface area contributed by atoms with Crippen LogP contribution in [0.2, 0.25) is 0 Å². The molecule has 1 saturated heterocycles. The molecule has 0 radical (unpaired) electrons. The number of hydrogen-bond donors (Lipinski definition) is 1. The number of ketones is 1. The van der Waals surface area contributed by atoms with Crippen molar-refractivity contribution < 1.29 is 14.3 Å². The number of β-amino-alcohol motifs (C(OH)–C–C–N with tert-alkyl or cyclic N) is 1. The highest BCUT2D eigenvalue weighted by atomic mass is 19.1. The van der Waals surface area contributed by atoms with Gasteiger partial charge < -0.3 is 10.0 Å². The number of rotatable bonds is 4. The highest BCUT2D eigenvalue weighted by Crippen LogP contribution is 2.13. The normalized spacial score (nSPS) is 20.3. The van der Waals surface area contributed by atoms with E-state index in [0.717, 1.165) is 13.0 Å². The van der Waals surface area contributed by atoms with Crippen molar-refractivity contribution in [2.75, 3.05) is 19.6 Å². The first-order valence-corrected chi connectivity index (χ1v) is 6.26. The topological polar surface area (TPSA) is 40.5 Å². The maximum atomic E-state index is 13.3. The third kappa shape index (κ3) is 3.15. The van der Waals surface area contributed by atoms with E-state index in [-0.39, 0.29) is 17.7 Å². The van der Waals surface area contributed by atoms with Crippen LogP contribution in [-0.2, 0) is 0 Å². The zero-order valence-corrected chi connectivity index (χ0v) is 10.5. The molecule has 98 valence electrons. The van der Waals surface area contributed by atoms with Crippen LogP contribution < -0.4 is 0 Å². The van der Waals surface area contributed by atoms with Gasteiger partial charge in [0.15, 0.2) is 5.78 Å². The summed E-state index contributed by atoms with van der Waals surface area (Å²) in [5, 5.41) is 9.37. The summed E-state index contributed by atoms with van der Waals surface area (Å²) in [6, 6.07) is 4.60. The first-order valence-electron chi connectivity index (χ1n) is 6.26. The summed E-state index contributed by atoms with van der Waals surface area (Å²) in [5.74, 6) is -0.382. The molecule has 1 aromatic rings. The minimum Gasteiger partial charge on any atom is -0.392 e. The molecule has 3 nitrogen and oxygen atoms in total. The van der Waals surface area contributed by atoms with E-state index >= 15 is 0 Å². The minimum absolute atomic E-state index is 0.0460. The summed E-state index contributed by atoms with van der Waals surface area (Å²) < 4.78 is 13.3. The Morgan fingerprint density at radius 2 is 2.33 bits per heavy atom. The van der Waals surface area contributed by atoms with Crippen LogP contribution in [0.25, 0.3) is 0 Å². The van der Waals surface area contributed by atoms with Crippen LogP contribution in [0.3, 0.4) is 0 Å². The van der Waals surface area contributed by atoms with Gasteiger partial charge in [0.2, 0.25) is 0 Å². The van der Waals surface area contributed by atoms with Crippen LogP contribution in [0.15, 0.2) is 18.2 Å². The molecule has 1 N–H and O–H groups in total. The lowest BCUT2D eigenvalue weighted by Crippen LogP contribution is -2.25. The number of carbonyl (C=O) groups excluding carboxylic acids is 1. The lowest BCUT2D eigenvalue weighted by atomic mass is 10.1. The van der Waals surface area contributed by atoms with E-state index in [1.807, 2.05) is 0 Å². The number of hydrogen-bond acceptors (Lipinski definition) is 3. The fraction of sp³-hybridized carbons (Fsp3) is 0.500. The Labute approximate surface area is 106 Å². The number of carbonyl (C=O) groups is 1. The van der Waals surface area contributed by atoms with E-state index in [4.69, 9.17) is 0 Å². The Kier molecular flexibility index (Phi) is 4.09. The first kappa shape index (κ1) is 13.2. The summed E-state index contributed by atoms with van der Waals surface area (Å²) in [4.78, 5) is 14.0. The van der Waals surface area contributed by atoms with E-state index in [2.05, 4.69) is 4.90 Å². The minimum atomic E-state index is -0.336. The third-order valence-corrected chi connectivity index (χ3v) is 3.40. The van der Waals surface area contributed by atoms with Gasteiger partial charge in [-0.2, -0.15) is 0 Å². The molecule has 18 heavy (non-hydrogen) atoms. The number of nitrogens with zero attached hydrogens (tertiary/aromatic N) is 1. The SMILES string of the molecule is Cc1ccc(C(=O)CCN2CCC(O)C2)cc1F. The molecule has 0 saturated carbocycles. The molecule has 0 spiro atoms. The van der Waals surface area contributed by atoms with Crippen LogP contribution in [0, 0.1) is 12.7 Å². The summed E-state index contributed by atoms with van der Waals surface area (Å²) >= 11 is 0. The zero-order chi connectivity index (χ0) is 13.1. The van der Waals surface area contributed by atoms with Crippen LogP contribution in [0.1, 0.15) is 28.8 Å². The number of halogens is 1. The third-order valence-electron chi connectivity index (χ3n) is 3.40. The molecule has 0 aromatic heterocycles. The van der Waals surface area contributed by atoms with Gasteiger partial charge in [0.1, 0.15) is 5.82 Å². The van der Waals surface area contributed by atoms with Crippen molar-refractivity contribution in [3.8, 4) is 0 Å². The monoisotopic (exact) mass is 251 g/mol. The van der Waals surface area contributed by atoms with Crippen molar-refractivity contribution in [3.63, 3.8) is 0 Å². The van der Waals surface area contributed by atoms with Crippen molar-refractivity contribution in [1.82, 2.24) is 4.90 Å². The van der Waals surface area contributed by atoms with E-state index in [9.17, 15) is 14.3 Å². The molecular formula is C14H18FNO2. The molecule has 1 atom stereocenters. The van der Waals surface area contributed by atoms with Crippen molar-refractivity contribution in [2.45, 2.75) is 25.9 Å². The molecule has 2 rings (SSSR count). The van der Waals surface area contributed by atoms with Crippen LogP contribution in [0.4, 0.5) is 4.39 Å². The van der Waals surface area contributed by atoms with Crippen molar-refractivity contribution in [3.05, 3.63) is 35.1 Å². The van der Waals surface area contributed by atoms with E-state index in [1.165, 1.54) is 6.07 Å². The molecule has 0 bridgehead atoms. The highest BCUT2D eigenvalue weighted by molar-refractivity contribution is 5.96. The number of aliphatic hydroxyl groups is 1. The largest absolute Gasteiger partial charge is 0.392 e. The lowest BCUT2D eigenvalue weighted by molar-refractivity contribution is 0.0963. The van der Waals surface area contributed by atoms with Crippen molar-refractivity contribution in [2.24, 2.45) is 0 Å². The van der Waals surface area contributed by atoms with E-state index in [1.54, 1.807) is 19.1 Å². The quantitative estimate of drug-likeness (QED) is 0.829. The van der Waals surface area contributed by atoms with E-state index in [0.29, 0.717) is 30.6 Å². The van der Waals surface area contributed by atoms with Crippen molar-refractivity contribution in [1.29, 1.82) is 0 Å². The van der Waals surface area contributed by atoms with Crippen molar-refractivity contribution >= 4 is 5.78 Å². The van der Waals surface area contributed by atoms with Gasteiger partial charge in [-0.1, -0.05) is 12.1 Å². The zero-order valence-electron chi connectivity index (χ0n) is 10.5. The van der Waals surface area contributed by atoms with E-state index < -0.39 is 0 Å². The number of aryl methyl sites for hydroxylation is 1. The maximum absolute atomic E-state index is 13.3. The Morgan fingerprint density at radius 3 is 2.94 bits per heavy atom. The first-order chi connectivity index (χ1) is 8.56. The summed E-state index contributed by atoms with van der Waals surface area (Å²) in [6.07, 6.45) is 0.875. The molecular weight excluding hydrogens is 233 g/mol. The molecule has 0 aliphatic carbocycles. The smallest absolute Gasteiger partial charge is 0.164 e. The molecule has 1 aromatic carbocycles. The second-order valence-corrected chi connectivity index (χ2v) is 4.88. The summed E-state index contributed by atoms with van der Waals surface area (Å²) in [7, 11) is 0. The number of likely N-dealkylation sites (tertiary alicyclic amines) is 1. The van der Waals surface area contributed by atoms with Gasteiger partial charge in [-0.15, -0.1) is 0 Å². The number of benzene rings is 1. The summed E-state index contributed by atoms with van der Waals surface area (Å²) in [5.41, 5.74) is 0.979. The second kappa shape index (κ2) is 5.59.